The van der Waals surface area contributed by atoms with Crippen LogP contribution in [-0.4, -0.2) is 90.3 Å². The molecule has 3 rings (SSSR count). The molecule has 0 spiro atoms. The summed E-state index contributed by atoms with van der Waals surface area (Å²) in [6, 6.07) is 0. The fourth-order valence-corrected chi connectivity index (χ4v) is 4.78. The van der Waals surface area contributed by atoms with Gasteiger partial charge in [0.2, 0.25) is 0 Å². The van der Waals surface area contributed by atoms with Gasteiger partial charge >= 0.3 is 0 Å². The van der Waals surface area contributed by atoms with Crippen LogP contribution in [0, 0.1) is 0 Å². The molecule has 0 atom stereocenters. The highest BCUT2D eigenvalue weighted by molar-refractivity contribution is 5.79. The van der Waals surface area contributed by atoms with Crippen molar-refractivity contribution in [2.75, 3.05) is 59.2 Å². The fraction of sp³-hybridized carbons (Fsp3) is 0.870. The van der Waals surface area contributed by atoms with E-state index in [0.717, 1.165) is 90.3 Å². The number of ether oxygens (including phenoxy) is 2. The minimum absolute atomic E-state index is 0.172. The van der Waals surface area contributed by atoms with Crippen LogP contribution < -0.4 is 10.6 Å². The number of aliphatic imine (C=N–C) groups is 1. The molecule has 0 aromatic carbocycles. The first-order valence-corrected chi connectivity index (χ1v) is 12.6. The van der Waals surface area contributed by atoms with Gasteiger partial charge in [0.05, 0.1) is 19.8 Å². The third-order valence-corrected chi connectivity index (χ3v) is 6.62. The van der Waals surface area contributed by atoms with Crippen LogP contribution >= 0.6 is 0 Å². The van der Waals surface area contributed by atoms with E-state index in [1.165, 1.54) is 32.1 Å². The Hall–Kier alpha value is -1.71. The van der Waals surface area contributed by atoms with E-state index in [0.29, 0.717) is 0 Å². The Morgan fingerprint density at radius 2 is 1.94 bits per heavy atom. The van der Waals surface area contributed by atoms with Crippen LogP contribution in [0.3, 0.4) is 0 Å². The number of hydrogen-bond donors (Lipinski definition) is 2. The van der Waals surface area contributed by atoms with Crippen molar-refractivity contribution in [3.8, 4) is 0 Å². The van der Waals surface area contributed by atoms with Crippen LogP contribution in [0.5, 0.6) is 0 Å². The topological polar surface area (TPSA) is 88.8 Å². The number of nitrogens with zero attached hydrogens (tertiary/aromatic N) is 5. The first-order chi connectivity index (χ1) is 15.8. The normalized spacial score (nSPS) is 19.8. The SMILES string of the molecule is CCOCCCNC(=NCC1(N2CCOCC2)CCCCC1)NCCn1cnnc1CC. The highest BCUT2D eigenvalue weighted by Crippen LogP contribution is 2.34. The molecule has 9 heteroatoms. The standard InChI is InChI=1S/C23H43N7O2/c1-3-21-28-27-20-29(21)13-12-25-22(24-11-8-16-31-4-2)26-19-23(9-6-5-7-10-23)30-14-17-32-18-15-30/h20H,3-19H2,1-2H3,(H2,24,25,26). The monoisotopic (exact) mass is 449 g/mol. The molecule has 0 unspecified atom stereocenters. The van der Waals surface area contributed by atoms with E-state index in [1.807, 2.05) is 13.3 Å². The summed E-state index contributed by atoms with van der Waals surface area (Å²) in [5.41, 5.74) is 0.172. The fourth-order valence-electron chi connectivity index (χ4n) is 4.78. The third kappa shape index (κ3) is 7.42. The molecule has 1 aliphatic heterocycles. The molecule has 1 aromatic heterocycles. The summed E-state index contributed by atoms with van der Waals surface area (Å²) in [7, 11) is 0. The van der Waals surface area contributed by atoms with Gasteiger partial charge in [0.15, 0.2) is 5.96 Å². The Balaban J connectivity index is 1.61. The molecule has 1 saturated heterocycles. The van der Waals surface area contributed by atoms with Gasteiger partial charge in [0.25, 0.3) is 0 Å². The van der Waals surface area contributed by atoms with Gasteiger partial charge in [0.1, 0.15) is 12.2 Å². The third-order valence-electron chi connectivity index (χ3n) is 6.62. The number of hydrogen-bond acceptors (Lipinski definition) is 6. The lowest BCUT2D eigenvalue weighted by Crippen LogP contribution is -2.56. The molecule has 32 heavy (non-hydrogen) atoms. The van der Waals surface area contributed by atoms with E-state index < -0.39 is 0 Å². The van der Waals surface area contributed by atoms with Crippen LogP contribution in [0.25, 0.3) is 0 Å². The number of nitrogens with one attached hydrogen (secondary N) is 2. The van der Waals surface area contributed by atoms with E-state index in [2.05, 4.69) is 37.2 Å². The average Bonchev–Trinajstić information content (AvgIpc) is 3.30. The molecular weight excluding hydrogens is 406 g/mol. The largest absolute Gasteiger partial charge is 0.382 e. The molecule has 0 radical (unpaired) electrons. The van der Waals surface area contributed by atoms with Crippen molar-refractivity contribution in [3.63, 3.8) is 0 Å². The summed E-state index contributed by atoms with van der Waals surface area (Å²) < 4.78 is 13.2. The maximum Gasteiger partial charge on any atom is 0.191 e. The molecule has 2 aliphatic rings. The molecule has 9 nitrogen and oxygen atoms in total. The van der Waals surface area contributed by atoms with Gasteiger partial charge in [-0.25, -0.2) is 0 Å². The number of rotatable bonds is 12. The molecule has 2 N–H and O–H groups in total. The molecule has 0 amide bonds. The summed E-state index contributed by atoms with van der Waals surface area (Å²) in [5.74, 6) is 1.91. The number of aromatic nitrogens is 3. The van der Waals surface area contributed by atoms with Gasteiger partial charge in [-0.15, -0.1) is 10.2 Å². The summed E-state index contributed by atoms with van der Waals surface area (Å²) >= 11 is 0. The molecular formula is C23H43N7O2. The number of guanidine groups is 1. The zero-order chi connectivity index (χ0) is 22.5. The summed E-state index contributed by atoms with van der Waals surface area (Å²) in [5, 5.41) is 15.3. The first-order valence-electron chi connectivity index (χ1n) is 12.6. The second kappa shape index (κ2) is 13.7. The highest BCUT2D eigenvalue weighted by Gasteiger charge is 2.38. The zero-order valence-corrected chi connectivity index (χ0v) is 20.2. The maximum atomic E-state index is 5.63. The Bertz CT molecular complexity index is 667. The maximum absolute atomic E-state index is 5.63. The minimum atomic E-state index is 0.172. The van der Waals surface area contributed by atoms with E-state index in [4.69, 9.17) is 14.5 Å². The Kier molecular flexibility index (Phi) is 10.7. The van der Waals surface area contributed by atoms with Crippen molar-refractivity contribution in [2.45, 2.75) is 70.9 Å². The second-order valence-electron chi connectivity index (χ2n) is 8.75. The van der Waals surface area contributed by atoms with Crippen molar-refractivity contribution >= 4 is 5.96 Å². The Morgan fingerprint density at radius 1 is 1.16 bits per heavy atom. The Morgan fingerprint density at radius 3 is 2.69 bits per heavy atom. The quantitative estimate of drug-likeness (QED) is 0.286. The van der Waals surface area contributed by atoms with E-state index >= 15 is 0 Å². The number of aryl methyl sites for hydroxylation is 1. The van der Waals surface area contributed by atoms with Gasteiger partial charge < -0.3 is 24.7 Å². The van der Waals surface area contributed by atoms with Crippen LogP contribution in [0.1, 0.15) is 58.2 Å². The first kappa shape index (κ1) is 24.9. The average molecular weight is 450 g/mol. The van der Waals surface area contributed by atoms with Crippen LogP contribution in [-0.2, 0) is 22.4 Å². The van der Waals surface area contributed by atoms with Crippen molar-refractivity contribution in [1.82, 2.24) is 30.3 Å². The predicted molar refractivity (Wildman–Crippen MR) is 127 cm³/mol. The van der Waals surface area contributed by atoms with Crippen molar-refractivity contribution in [2.24, 2.45) is 4.99 Å². The zero-order valence-electron chi connectivity index (χ0n) is 20.2. The second-order valence-corrected chi connectivity index (χ2v) is 8.75. The van der Waals surface area contributed by atoms with Gasteiger partial charge in [-0.2, -0.15) is 0 Å². The van der Waals surface area contributed by atoms with Crippen molar-refractivity contribution in [3.05, 3.63) is 12.2 Å². The smallest absolute Gasteiger partial charge is 0.191 e. The predicted octanol–water partition coefficient (Wildman–Crippen LogP) is 1.84. The van der Waals surface area contributed by atoms with Crippen LogP contribution in [0.4, 0.5) is 0 Å². The van der Waals surface area contributed by atoms with Crippen molar-refractivity contribution in [1.29, 1.82) is 0 Å². The summed E-state index contributed by atoms with van der Waals surface area (Å²) in [6.45, 7) is 12.7. The lowest BCUT2D eigenvalue weighted by atomic mass is 9.80. The van der Waals surface area contributed by atoms with Gasteiger partial charge in [-0.05, 0) is 26.2 Å². The van der Waals surface area contributed by atoms with Crippen LogP contribution in [0.15, 0.2) is 11.3 Å². The van der Waals surface area contributed by atoms with E-state index in [1.54, 1.807) is 0 Å². The van der Waals surface area contributed by atoms with Gasteiger partial charge in [-0.3, -0.25) is 9.89 Å². The summed E-state index contributed by atoms with van der Waals surface area (Å²) in [4.78, 5) is 7.75. The molecule has 1 aliphatic carbocycles. The molecule has 1 aromatic rings. The van der Waals surface area contributed by atoms with Gasteiger partial charge in [0, 0.05) is 57.9 Å². The molecule has 0 bridgehead atoms. The molecule has 1 saturated carbocycles. The summed E-state index contributed by atoms with van der Waals surface area (Å²) in [6.07, 6.45) is 10.1. The molecule has 182 valence electrons. The highest BCUT2D eigenvalue weighted by atomic mass is 16.5. The molecule has 2 fully saturated rings. The van der Waals surface area contributed by atoms with Crippen molar-refractivity contribution < 1.29 is 9.47 Å². The van der Waals surface area contributed by atoms with E-state index in [9.17, 15) is 0 Å². The van der Waals surface area contributed by atoms with Gasteiger partial charge in [-0.1, -0.05) is 26.2 Å². The Labute approximate surface area is 193 Å². The lowest BCUT2D eigenvalue weighted by molar-refractivity contribution is -0.0333. The van der Waals surface area contributed by atoms with Crippen LogP contribution in [0.2, 0.25) is 0 Å². The number of morpholine rings is 1. The minimum Gasteiger partial charge on any atom is -0.382 e. The molecule has 2 heterocycles. The van der Waals surface area contributed by atoms with E-state index in [-0.39, 0.29) is 5.54 Å². The lowest BCUT2D eigenvalue weighted by Gasteiger charge is -2.47.